The summed E-state index contributed by atoms with van der Waals surface area (Å²) >= 11 is 6.77. The van der Waals surface area contributed by atoms with Crippen LogP contribution in [-0.4, -0.2) is 26.3 Å². The van der Waals surface area contributed by atoms with Crippen LogP contribution in [0.2, 0.25) is 0 Å². The number of hydrogen-bond acceptors (Lipinski definition) is 5. The van der Waals surface area contributed by atoms with Gasteiger partial charge in [0.2, 0.25) is 0 Å². The van der Waals surface area contributed by atoms with Gasteiger partial charge in [0.05, 0.1) is 26.0 Å². The normalized spacial score (nSPS) is 10.7. The van der Waals surface area contributed by atoms with E-state index in [9.17, 15) is 4.79 Å². The van der Waals surface area contributed by atoms with Crippen molar-refractivity contribution < 1.29 is 19.0 Å². The van der Waals surface area contributed by atoms with E-state index in [4.69, 9.17) is 14.2 Å². The highest BCUT2D eigenvalue weighted by molar-refractivity contribution is 9.10. The van der Waals surface area contributed by atoms with Gasteiger partial charge in [0, 0.05) is 8.95 Å². The predicted octanol–water partition coefficient (Wildman–Crippen LogP) is 5.57. The number of carbonyl (C=O) groups is 1. The zero-order valence-electron chi connectivity index (χ0n) is 16.9. The highest BCUT2D eigenvalue weighted by Crippen LogP contribution is 2.28. The molecule has 31 heavy (non-hydrogen) atoms. The van der Waals surface area contributed by atoms with Crippen LogP contribution in [0.25, 0.3) is 0 Å². The Morgan fingerprint density at radius 1 is 0.903 bits per heavy atom. The Kier molecular flexibility index (Phi) is 8.08. The second kappa shape index (κ2) is 11.0. The van der Waals surface area contributed by atoms with Crippen molar-refractivity contribution in [1.29, 1.82) is 0 Å². The molecule has 3 aromatic rings. The van der Waals surface area contributed by atoms with Gasteiger partial charge in [0.1, 0.15) is 12.4 Å². The molecule has 160 valence electrons. The van der Waals surface area contributed by atoms with Gasteiger partial charge in [-0.05, 0) is 59.7 Å². The van der Waals surface area contributed by atoms with E-state index in [2.05, 4.69) is 42.4 Å². The first kappa shape index (κ1) is 22.8. The highest BCUT2D eigenvalue weighted by Gasteiger charge is 2.12. The van der Waals surface area contributed by atoms with Crippen molar-refractivity contribution in [3.05, 3.63) is 86.3 Å². The van der Waals surface area contributed by atoms with Crippen molar-refractivity contribution in [2.45, 2.75) is 6.61 Å². The van der Waals surface area contributed by atoms with Gasteiger partial charge in [-0.2, -0.15) is 5.10 Å². The van der Waals surface area contributed by atoms with Crippen molar-refractivity contribution in [2.75, 3.05) is 14.2 Å². The van der Waals surface area contributed by atoms with Gasteiger partial charge >= 0.3 is 0 Å². The van der Waals surface area contributed by atoms with Crippen molar-refractivity contribution in [3.63, 3.8) is 0 Å². The Labute approximate surface area is 197 Å². The largest absolute Gasteiger partial charge is 0.496 e. The highest BCUT2D eigenvalue weighted by atomic mass is 79.9. The molecule has 0 unspecified atom stereocenters. The van der Waals surface area contributed by atoms with Crippen LogP contribution in [0.15, 0.2) is 74.7 Å². The lowest BCUT2D eigenvalue weighted by Gasteiger charge is -2.11. The van der Waals surface area contributed by atoms with Gasteiger partial charge < -0.3 is 14.2 Å². The average Bonchev–Trinajstić information content (AvgIpc) is 2.79. The van der Waals surface area contributed by atoms with Gasteiger partial charge in [0.15, 0.2) is 11.5 Å². The Hall–Kier alpha value is -2.84. The van der Waals surface area contributed by atoms with Crippen LogP contribution in [0, 0.1) is 0 Å². The monoisotopic (exact) mass is 546 g/mol. The quantitative estimate of drug-likeness (QED) is 0.295. The summed E-state index contributed by atoms with van der Waals surface area (Å²) in [5, 5.41) is 4.03. The van der Waals surface area contributed by atoms with Crippen LogP contribution >= 0.6 is 31.9 Å². The van der Waals surface area contributed by atoms with Crippen molar-refractivity contribution in [3.8, 4) is 17.2 Å². The molecule has 3 aromatic carbocycles. The topological polar surface area (TPSA) is 69.2 Å². The SMILES string of the molecule is COc1cc(/C=N\NC(=O)c2cc(Br)ccc2OC)ccc1OCc1ccc(Br)cc1. The van der Waals surface area contributed by atoms with E-state index in [0.29, 0.717) is 29.4 Å². The number of nitrogens with zero attached hydrogens (tertiary/aromatic N) is 1. The van der Waals surface area contributed by atoms with Crippen LogP contribution < -0.4 is 19.6 Å². The van der Waals surface area contributed by atoms with Crippen molar-refractivity contribution in [1.82, 2.24) is 5.43 Å². The molecule has 0 saturated heterocycles. The van der Waals surface area contributed by atoms with Crippen LogP contribution in [-0.2, 0) is 6.61 Å². The van der Waals surface area contributed by atoms with E-state index in [1.54, 1.807) is 37.4 Å². The van der Waals surface area contributed by atoms with E-state index in [1.807, 2.05) is 30.3 Å². The van der Waals surface area contributed by atoms with E-state index >= 15 is 0 Å². The average molecular weight is 548 g/mol. The molecule has 0 radical (unpaired) electrons. The summed E-state index contributed by atoms with van der Waals surface area (Å²) in [5.74, 6) is 1.27. The maximum atomic E-state index is 12.4. The molecule has 0 aliphatic rings. The summed E-state index contributed by atoms with van der Waals surface area (Å²) in [5.41, 5.74) is 4.67. The molecule has 0 heterocycles. The number of carbonyl (C=O) groups excluding carboxylic acids is 1. The van der Waals surface area contributed by atoms with Crippen molar-refractivity contribution in [2.24, 2.45) is 5.10 Å². The number of ether oxygens (including phenoxy) is 3. The molecule has 1 N–H and O–H groups in total. The second-order valence-corrected chi connectivity index (χ2v) is 8.20. The van der Waals surface area contributed by atoms with E-state index in [0.717, 1.165) is 20.1 Å². The maximum absolute atomic E-state index is 12.4. The Balaban J connectivity index is 1.65. The lowest BCUT2D eigenvalue weighted by molar-refractivity contribution is 0.0952. The van der Waals surface area contributed by atoms with Crippen LogP contribution in [0.3, 0.4) is 0 Å². The summed E-state index contributed by atoms with van der Waals surface area (Å²) in [6.07, 6.45) is 1.53. The molecular formula is C23H20Br2N2O4. The summed E-state index contributed by atoms with van der Waals surface area (Å²) in [4.78, 5) is 12.4. The van der Waals surface area contributed by atoms with Crippen molar-refractivity contribution >= 4 is 44.0 Å². The molecular weight excluding hydrogens is 528 g/mol. The maximum Gasteiger partial charge on any atom is 0.275 e. The first-order valence-electron chi connectivity index (χ1n) is 9.22. The molecule has 0 spiro atoms. The van der Waals surface area contributed by atoms with E-state index < -0.39 is 0 Å². The molecule has 0 aliphatic carbocycles. The fourth-order valence-corrected chi connectivity index (χ4v) is 3.33. The molecule has 0 atom stereocenters. The summed E-state index contributed by atoms with van der Waals surface area (Å²) in [6.45, 7) is 0.418. The minimum atomic E-state index is -0.379. The molecule has 1 amide bonds. The molecule has 0 aromatic heterocycles. The first-order valence-corrected chi connectivity index (χ1v) is 10.8. The number of halogens is 2. The zero-order valence-corrected chi connectivity index (χ0v) is 20.1. The van der Waals surface area contributed by atoms with Gasteiger partial charge in [0.25, 0.3) is 5.91 Å². The zero-order chi connectivity index (χ0) is 22.2. The number of methoxy groups -OCH3 is 2. The molecule has 8 heteroatoms. The number of rotatable bonds is 8. The minimum absolute atomic E-state index is 0.378. The minimum Gasteiger partial charge on any atom is -0.496 e. The third-order valence-electron chi connectivity index (χ3n) is 4.28. The predicted molar refractivity (Wildman–Crippen MR) is 127 cm³/mol. The summed E-state index contributed by atoms with van der Waals surface area (Å²) in [6, 6.07) is 18.5. The van der Waals surface area contributed by atoms with Gasteiger partial charge in [-0.1, -0.05) is 44.0 Å². The van der Waals surface area contributed by atoms with Crippen LogP contribution in [0.4, 0.5) is 0 Å². The van der Waals surface area contributed by atoms with Gasteiger partial charge in [-0.15, -0.1) is 0 Å². The lowest BCUT2D eigenvalue weighted by atomic mass is 10.2. The molecule has 3 rings (SSSR count). The smallest absolute Gasteiger partial charge is 0.275 e. The lowest BCUT2D eigenvalue weighted by Crippen LogP contribution is -2.18. The number of hydrogen-bond donors (Lipinski definition) is 1. The van der Waals surface area contributed by atoms with E-state index in [1.165, 1.54) is 13.3 Å². The number of nitrogens with one attached hydrogen (secondary N) is 1. The standard InChI is InChI=1S/C23H20Br2N2O4/c1-29-20-10-8-18(25)12-19(20)23(28)27-26-13-16-5-9-21(22(11-16)30-2)31-14-15-3-6-17(24)7-4-15/h3-13H,14H2,1-2H3,(H,27,28)/b26-13-. The number of benzene rings is 3. The fraction of sp³-hybridized carbons (Fsp3) is 0.130. The van der Waals surface area contributed by atoms with Crippen LogP contribution in [0.1, 0.15) is 21.5 Å². The Bertz CT molecular complexity index is 1090. The third kappa shape index (κ3) is 6.32. The third-order valence-corrected chi connectivity index (χ3v) is 5.30. The van der Waals surface area contributed by atoms with E-state index in [-0.39, 0.29) is 5.91 Å². The molecule has 0 fully saturated rings. The first-order chi connectivity index (χ1) is 15.0. The van der Waals surface area contributed by atoms with Crippen LogP contribution in [0.5, 0.6) is 17.2 Å². The fourth-order valence-electron chi connectivity index (χ4n) is 2.71. The summed E-state index contributed by atoms with van der Waals surface area (Å²) < 4.78 is 18.3. The van der Waals surface area contributed by atoms with Gasteiger partial charge in [-0.3, -0.25) is 4.79 Å². The Morgan fingerprint density at radius 2 is 1.58 bits per heavy atom. The second-order valence-electron chi connectivity index (χ2n) is 6.37. The number of amides is 1. The molecule has 0 bridgehead atoms. The molecule has 0 saturated carbocycles. The number of hydrazone groups is 1. The molecule has 0 aliphatic heterocycles. The van der Waals surface area contributed by atoms with Gasteiger partial charge in [-0.25, -0.2) is 5.43 Å². The Morgan fingerprint density at radius 3 is 2.29 bits per heavy atom. The molecule has 6 nitrogen and oxygen atoms in total. The summed E-state index contributed by atoms with van der Waals surface area (Å²) in [7, 11) is 3.08.